The van der Waals surface area contributed by atoms with Gasteiger partial charge in [-0.25, -0.2) is 0 Å². The van der Waals surface area contributed by atoms with Crippen LogP contribution in [-0.4, -0.2) is 111 Å². The van der Waals surface area contributed by atoms with Crippen LogP contribution in [0.25, 0.3) is 0 Å². The molecule has 1 saturated heterocycles. The van der Waals surface area contributed by atoms with Crippen molar-refractivity contribution in [3.05, 3.63) is 83.9 Å². The number of benzene rings is 2. The molecule has 58 heavy (non-hydrogen) atoms. The molecule has 1 aliphatic heterocycles. The summed E-state index contributed by atoms with van der Waals surface area (Å²) in [5.74, 6) is -1.54. The number of carbonyl (C=O) groups excluding carboxylic acids is 4. The molecule has 0 unspecified atom stereocenters. The van der Waals surface area contributed by atoms with Crippen molar-refractivity contribution in [2.75, 3.05) is 34.9 Å². The molecule has 0 aromatic heterocycles. The molecule has 1 aliphatic rings. The van der Waals surface area contributed by atoms with Crippen molar-refractivity contribution in [1.29, 1.82) is 0 Å². The second-order valence-corrected chi connectivity index (χ2v) is 16.8. The van der Waals surface area contributed by atoms with E-state index in [1.807, 2.05) is 87.9 Å². The molecule has 11 heteroatoms. The van der Waals surface area contributed by atoms with Gasteiger partial charge in [-0.1, -0.05) is 128 Å². The predicted molar refractivity (Wildman–Crippen MR) is 232 cm³/mol. The number of likely N-dealkylation sites (N-methyl/N-ethyl adjacent to an activating group) is 2. The average molecular weight is 804 g/mol. The zero-order chi connectivity index (χ0) is 42.9. The van der Waals surface area contributed by atoms with E-state index in [0.29, 0.717) is 19.4 Å². The van der Waals surface area contributed by atoms with Gasteiger partial charge in [0.25, 0.3) is 0 Å². The van der Waals surface area contributed by atoms with Crippen molar-refractivity contribution >= 4 is 23.6 Å². The standard InChI is InChI=1S/C47H73N5O6/c1-12-33(6)43(51(9)42(32(4)5)47(56)50-46(55)41(48-8)31(2)3)39(57-10)30-40(53)52-28-20-27-38(52)44(58-11)34(7)45(54)49-37(29-36-23-17-14-18-24-36)26-19-25-35-21-15-13-16-22-35/h13-19,21-24,26,31-34,37-39,41-44,48H,12,20,25,27-30H2,1-11H3,(H,49,54)(H,50,55,56)/b26-19-/t33-,34+,37+,38-,39+,41-,42-,43-,44+/m0/s1. The van der Waals surface area contributed by atoms with Crippen molar-refractivity contribution < 1.29 is 28.7 Å². The summed E-state index contributed by atoms with van der Waals surface area (Å²) in [5.41, 5.74) is 2.32. The third-order valence-electron chi connectivity index (χ3n) is 12.0. The first-order valence-electron chi connectivity index (χ1n) is 21.3. The number of allylic oxidation sites excluding steroid dienone is 1. The summed E-state index contributed by atoms with van der Waals surface area (Å²) in [6.07, 6.45) is 6.91. The highest BCUT2D eigenvalue weighted by molar-refractivity contribution is 6.00. The first-order chi connectivity index (χ1) is 27.7. The number of likely N-dealkylation sites (tertiary alicyclic amines) is 1. The maximum Gasteiger partial charge on any atom is 0.244 e. The summed E-state index contributed by atoms with van der Waals surface area (Å²) in [5, 5.41) is 8.96. The first kappa shape index (κ1) is 48.5. The summed E-state index contributed by atoms with van der Waals surface area (Å²) in [4.78, 5) is 59.2. The number of carbonyl (C=O) groups is 4. The number of amides is 4. The van der Waals surface area contributed by atoms with Gasteiger partial charge in [-0.15, -0.1) is 0 Å². The lowest BCUT2D eigenvalue weighted by Gasteiger charge is -2.43. The van der Waals surface area contributed by atoms with Crippen molar-refractivity contribution in [2.45, 2.75) is 129 Å². The zero-order valence-corrected chi connectivity index (χ0v) is 37.1. The Morgan fingerprint density at radius 2 is 1.48 bits per heavy atom. The van der Waals surface area contributed by atoms with Crippen LogP contribution in [0.2, 0.25) is 0 Å². The molecule has 4 amide bonds. The van der Waals surface area contributed by atoms with E-state index in [-0.39, 0.29) is 65.9 Å². The molecule has 3 N–H and O–H groups in total. The molecule has 9 atom stereocenters. The molecule has 1 fully saturated rings. The number of hydrogen-bond acceptors (Lipinski definition) is 8. The van der Waals surface area contributed by atoms with Crippen molar-refractivity contribution in [1.82, 2.24) is 25.8 Å². The van der Waals surface area contributed by atoms with E-state index >= 15 is 0 Å². The smallest absolute Gasteiger partial charge is 0.244 e. The minimum atomic E-state index is -0.643. The van der Waals surface area contributed by atoms with Gasteiger partial charge < -0.3 is 25.0 Å². The molecule has 11 nitrogen and oxygen atoms in total. The Morgan fingerprint density at radius 1 is 0.862 bits per heavy atom. The maximum absolute atomic E-state index is 14.4. The lowest BCUT2D eigenvalue weighted by Crippen LogP contribution is -2.60. The van der Waals surface area contributed by atoms with Crippen LogP contribution >= 0.6 is 0 Å². The van der Waals surface area contributed by atoms with Crippen LogP contribution < -0.4 is 16.0 Å². The van der Waals surface area contributed by atoms with Crippen LogP contribution in [0.15, 0.2) is 72.8 Å². The molecule has 2 aromatic rings. The Kier molecular flexibility index (Phi) is 20.3. The molecule has 0 saturated carbocycles. The van der Waals surface area contributed by atoms with E-state index in [4.69, 9.17) is 9.47 Å². The van der Waals surface area contributed by atoms with E-state index in [1.54, 1.807) is 21.3 Å². The molecule has 0 spiro atoms. The molecular formula is C47H73N5O6. The van der Waals surface area contributed by atoms with Gasteiger partial charge >= 0.3 is 0 Å². The highest BCUT2D eigenvalue weighted by atomic mass is 16.5. The second kappa shape index (κ2) is 24.2. The zero-order valence-electron chi connectivity index (χ0n) is 37.1. The van der Waals surface area contributed by atoms with Gasteiger partial charge in [0.1, 0.15) is 0 Å². The van der Waals surface area contributed by atoms with Crippen LogP contribution in [0.3, 0.4) is 0 Å². The summed E-state index contributed by atoms with van der Waals surface area (Å²) in [6, 6.07) is 18.4. The molecule has 0 aliphatic carbocycles. The summed E-state index contributed by atoms with van der Waals surface area (Å²) in [6.45, 7) is 14.4. The fraction of sp³-hybridized carbons (Fsp3) is 0.617. The van der Waals surface area contributed by atoms with E-state index < -0.39 is 30.2 Å². The molecule has 322 valence electrons. The SMILES string of the molecule is CC[C@H](C)[C@@H]([C@@H](CC(=O)N1CCC[C@H]1[C@H](OC)[C@@H](C)C(=O)N[C@H](/C=C\Cc1ccccc1)Cc1ccccc1)OC)N(C)[C@H](C(=O)NC(=O)[C@@H](NC)C(C)C)C(C)C. The van der Waals surface area contributed by atoms with Crippen molar-refractivity contribution in [3.63, 3.8) is 0 Å². The third kappa shape index (κ3) is 13.6. The number of imide groups is 1. The summed E-state index contributed by atoms with van der Waals surface area (Å²) >= 11 is 0. The van der Waals surface area contributed by atoms with Crippen molar-refractivity contribution in [3.8, 4) is 0 Å². The molecule has 0 radical (unpaired) electrons. The van der Waals surface area contributed by atoms with E-state index in [0.717, 1.165) is 24.8 Å². The lowest BCUT2D eigenvalue weighted by molar-refractivity contribution is -0.144. The number of methoxy groups -OCH3 is 2. The first-order valence-corrected chi connectivity index (χ1v) is 21.3. The van der Waals surface area contributed by atoms with Crippen LogP contribution in [0.5, 0.6) is 0 Å². The normalized spacial score (nSPS) is 18.8. The summed E-state index contributed by atoms with van der Waals surface area (Å²) in [7, 11) is 6.83. The Hall–Kier alpha value is -3.90. The Morgan fingerprint density at radius 3 is 2.02 bits per heavy atom. The molecule has 3 rings (SSSR count). The van der Waals surface area contributed by atoms with E-state index in [1.165, 1.54) is 5.56 Å². The number of hydrogen-bond donors (Lipinski definition) is 3. The molecule has 2 aromatic carbocycles. The predicted octanol–water partition coefficient (Wildman–Crippen LogP) is 5.82. The fourth-order valence-corrected chi connectivity index (χ4v) is 8.71. The van der Waals surface area contributed by atoms with Gasteiger partial charge in [0.2, 0.25) is 23.6 Å². The van der Waals surface area contributed by atoms with Gasteiger partial charge in [0.15, 0.2) is 0 Å². The van der Waals surface area contributed by atoms with Crippen LogP contribution in [-0.2, 0) is 41.5 Å². The number of nitrogens with one attached hydrogen (secondary N) is 3. The fourth-order valence-electron chi connectivity index (χ4n) is 8.71. The van der Waals surface area contributed by atoms with Crippen molar-refractivity contribution in [2.24, 2.45) is 23.7 Å². The van der Waals surface area contributed by atoms with Gasteiger partial charge in [-0.3, -0.25) is 29.4 Å². The van der Waals surface area contributed by atoms with Gasteiger partial charge in [0, 0.05) is 26.8 Å². The average Bonchev–Trinajstić information content (AvgIpc) is 3.68. The molecular weight excluding hydrogens is 731 g/mol. The minimum absolute atomic E-state index is 0.00172. The van der Waals surface area contributed by atoms with Crippen LogP contribution in [0, 0.1) is 23.7 Å². The highest BCUT2D eigenvalue weighted by Gasteiger charge is 2.43. The second-order valence-electron chi connectivity index (χ2n) is 16.8. The summed E-state index contributed by atoms with van der Waals surface area (Å²) < 4.78 is 12.2. The largest absolute Gasteiger partial charge is 0.379 e. The number of rotatable bonds is 23. The Bertz CT molecular complexity index is 1590. The molecule has 0 bridgehead atoms. The van der Waals surface area contributed by atoms with E-state index in [9.17, 15) is 19.2 Å². The number of nitrogens with zero attached hydrogens (tertiary/aromatic N) is 2. The monoisotopic (exact) mass is 804 g/mol. The third-order valence-corrected chi connectivity index (χ3v) is 12.0. The van der Waals surface area contributed by atoms with E-state index in [2.05, 4.69) is 66.2 Å². The van der Waals surface area contributed by atoms with Crippen LogP contribution in [0.4, 0.5) is 0 Å². The lowest BCUT2D eigenvalue weighted by atomic mass is 9.87. The highest BCUT2D eigenvalue weighted by Crippen LogP contribution is 2.30. The number of ether oxygens (including phenoxy) is 2. The van der Waals surface area contributed by atoms with Gasteiger partial charge in [0.05, 0.1) is 48.7 Å². The van der Waals surface area contributed by atoms with Crippen LogP contribution in [0.1, 0.15) is 85.3 Å². The topological polar surface area (TPSA) is 129 Å². The Labute approximate surface area is 349 Å². The molecule has 1 heterocycles. The Balaban J connectivity index is 1.79. The quantitative estimate of drug-likeness (QED) is 0.120. The minimum Gasteiger partial charge on any atom is -0.379 e. The van der Waals surface area contributed by atoms with Gasteiger partial charge in [-0.05, 0) is 68.7 Å². The van der Waals surface area contributed by atoms with Gasteiger partial charge in [-0.2, -0.15) is 0 Å². The maximum atomic E-state index is 14.4.